The number of H-pyrrole nitrogens is 1. The summed E-state index contributed by atoms with van der Waals surface area (Å²) in [6.07, 6.45) is 0. The van der Waals surface area contributed by atoms with Crippen LogP contribution in [0.15, 0.2) is 18.2 Å². The van der Waals surface area contributed by atoms with E-state index >= 15 is 0 Å². The molecule has 0 fully saturated rings. The van der Waals surface area contributed by atoms with Crippen LogP contribution >= 0.6 is 12.2 Å². The van der Waals surface area contributed by atoms with Crippen LogP contribution in [0.1, 0.15) is 11.1 Å². The van der Waals surface area contributed by atoms with Crippen molar-refractivity contribution in [3.63, 3.8) is 0 Å². The topological polar surface area (TPSA) is 52.1 Å². The van der Waals surface area contributed by atoms with Crippen molar-refractivity contribution in [1.82, 2.24) is 14.8 Å². The SMILES string of the molecule is COCCn1c(-c2ccc3c(c2)COC3)n[nH]c1=S. The Labute approximate surface area is 116 Å². The first kappa shape index (κ1) is 12.5. The third kappa shape index (κ3) is 2.34. The van der Waals surface area contributed by atoms with Gasteiger partial charge in [0.1, 0.15) is 0 Å². The van der Waals surface area contributed by atoms with Gasteiger partial charge >= 0.3 is 0 Å². The molecule has 5 nitrogen and oxygen atoms in total. The summed E-state index contributed by atoms with van der Waals surface area (Å²) in [6, 6.07) is 6.27. The summed E-state index contributed by atoms with van der Waals surface area (Å²) in [7, 11) is 1.68. The van der Waals surface area contributed by atoms with Gasteiger partial charge in [-0.1, -0.05) is 12.1 Å². The number of methoxy groups -OCH3 is 1. The van der Waals surface area contributed by atoms with Crippen LogP contribution in [-0.4, -0.2) is 28.5 Å². The fourth-order valence-corrected chi connectivity index (χ4v) is 2.46. The first-order chi connectivity index (χ1) is 9.29. The first-order valence-electron chi connectivity index (χ1n) is 6.13. The van der Waals surface area contributed by atoms with E-state index in [0.717, 1.165) is 11.4 Å². The second-order valence-corrected chi connectivity index (χ2v) is 4.86. The molecule has 0 atom stereocenters. The first-order valence-corrected chi connectivity index (χ1v) is 6.54. The molecule has 0 saturated carbocycles. The number of hydrogen-bond donors (Lipinski definition) is 1. The molecule has 6 heteroatoms. The van der Waals surface area contributed by atoms with Gasteiger partial charge in [0.15, 0.2) is 10.6 Å². The summed E-state index contributed by atoms with van der Waals surface area (Å²) in [5, 5.41) is 7.16. The Hall–Kier alpha value is -1.50. The average molecular weight is 277 g/mol. The van der Waals surface area contributed by atoms with Gasteiger partial charge in [0.05, 0.1) is 26.4 Å². The molecule has 1 N–H and O–H groups in total. The lowest BCUT2D eigenvalue weighted by molar-refractivity contribution is 0.134. The maximum Gasteiger partial charge on any atom is 0.195 e. The van der Waals surface area contributed by atoms with Gasteiger partial charge in [-0.25, -0.2) is 0 Å². The third-order valence-corrected chi connectivity index (χ3v) is 3.57. The zero-order valence-electron chi connectivity index (χ0n) is 10.7. The lowest BCUT2D eigenvalue weighted by Crippen LogP contribution is -2.06. The molecular formula is C13H15N3O2S. The molecule has 3 rings (SSSR count). The Kier molecular flexibility index (Phi) is 3.46. The van der Waals surface area contributed by atoms with Crippen molar-refractivity contribution in [2.24, 2.45) is 0 Å². The van der Waals surface area contributed by atoms with Gasteiger partial charge in [0.25, 0.3) is 0 Å². The molecule has 1 aliphatic heterocycles. The molecule has 1 aliphatic rings. The summed E-state index contributed by atoms with van der Waals surface area (Å²) >= 11 is 5.25. The molecule has 1 aromatic heterocycles. The average Bonchev–Trinajstić information content (AvgIpc) is 3.02. The minimum Gasteiger partial charge on any atom is -0.383 e. The van der Waals surface area contributed by atoms with Crippen LogP contribution in [0.3, 0.4) is 0 Å². The van der Waals surface area contributed by atoms with Crippen molar-refractivity contribution in [3.05, 3.63) is 34.1 Å². The maximum atomic E-state index is 5.43. The second-order valence-electron chi connectivity index (χ2n) is 4.47. The fourth-order valence-electron chi connectivity index (χ4n) is 2.24. The van der Waals surface area contributed by atoms with Crippen molar-refractivity contribution in [2.45, 2.75) is 19.8 Å². The van der Waals surface area contributed by atoms with Gasteiger partial charge in [-0.15, -0.1) is 0 Å². The molecule has 0 amide bonds. The minimum atomic E-state index is 0.606. The predicted molar refractivity (Wildman–Crippen MR) is 73.2 cm³/mol. The smallest absolute Gasteiger partial charge is 0.195 e. The van der Waals surface area contributed by atoms with Gasteiger partial charge in [-0.2, -0.15) is 5.10 Å². The molecule has 0 aliphatic carbocycles. The largest absolute Gasteiger partial charge is 0.383 e. The lowest BCUT2D eigenvalue weighted by Gasteiger charge is -2.07. The number of aromatic amines is 1. The van der Waals surface area contributed by atoms with Crippen LogP contribution in [-0.2, 0) is 29.2 Å². The monoisotopic (exact) mass is 277 g/mol. The predicted octanol–water partition coefficient (Wildman–Crippen LogP) is 2.28. The number of hydrogen-bond acceptors (Lipinski definition) is 4. The standard InChI is InChI=1S/C13H15N3O2S/c1-17-5-4-16-12(14-15-13(16)19)9-2-3-10-7-18-8-11(10)6-9/h2-3,6H,4-5,7-8H2,1H3,(H,15,19). The van der Waals surface area contributed by atoms with E-state index in [9.17, 15) is 0 Å². The molecule has 19 heavy (non-hydrogen) atoms. The van der Waals surface area contributed by atoms with E-state index in [-0.39, 0.29) is 0 Å². The summed E-state index contributed by atoms with van der Waals surface area (Å²) in [6.45, 7) is 2.67. The van der Waals surface area contributed by atoms with E-state index < -0.39 is 0 Å². The molecule has 2 heterocycles. The van der Waals surface area contributed by atoms with E-state index in [1.54, 1.807) is 7.11 Å². The molecule has 0 radical (unpaired) electrons. The number of nitrogens with one attached hydrogen (secondary N) is 1. The van der Waals surface area contributed by atoms with Crippen LogP contribution in [0.2, 0.25) is 0 Å². The zero-order valence-corrected chi connectivity index (χ0v) is 11.5. The Bertz CT molecular complexity index is 648. The van der Waals surface area contributed by atoms with Crippen LogP contribution in [0.5, 0.6) is 0 Å². The van der Waals surface area contributed by atoms with Gasteiger partial charge in [-0.05, 0) is 29.4 Å². The lowest BCUT2D eigenvalue weighted by atomic mass is 10.1. The van der Waals surface area contributed by atoms with Crippen LogP contribution in [0.25, 0.3) is 11.4 Å². The van der Waals surface area contributed by atoms with E-state index in [1.165, 1.54) is 11.1 Å². The van der Waals surface area contributed by atoms with Gasteiger partial charge in [-0.3, -0.25) is 9.67 Å². The van der Waals surface area contributed by atoms with E-state index in [1.807, 2.05) is 4.57 Å². The van der Waals surface area contributed by atoms with E-state index in [0.29, 0.717) is 31.1 Å². The summed E-state index contributed by atoms with van der Waals surface area (Å²) < 4.78 is 13.1. The van der Waals surface area contributed by atoms with Gasteiger partial charge in [0.2, 0.25) is 0 Å². The minimum absolute atomic E-state index is 0.606. The van der Waals surface area contributed by atoms with Crippen molar-refractivity contribution < 1.29 is 9.47 Å². The highest BCUT2D eigenvalue weighted by molar-refractivity contribution is 7.71. The fraction of sp³-hybridized carbons (Fsp3) is 0.385. The van der Waals surface area contributed by atoms with Crippen molar-refractivity contribution >= 4 is 12.2 Å². The Balaban J connectivity index is 2.00. The number of nitrogens with zero attached hydrogens (tertiary/aromatic N) is 2. The Morgan fingerprint density at radius 1 is 1.42 bits per heavy atom. The van der Waals surface area contributed by atoms with Crippen LogP contribution in [0.4, 0.5) is 0 Å². The van der Waals surface area contributed by atoms with Crippen LogP contribution in [0, 0.1) is 4.77 Å². The second kappa shape index (κ2) is 5.24. The molecule has 0 unspecified atom stereocenters. The Morgan fingerprint density at radius 3 is 3.11 bits per heavy atom. The molecule has 1 aromatic carbocycles. The third-order valence-electron chi connectivity index (χ3n) is 3.26. The molecule has 0 spiro atoms. The van der Waals surface area contributed by atoms with Crippen molar-refractivity contribution in [1.29, 1.82) is 0 Å². The highest BCUT2D eigenvalue weighted by Crippen LogP contribution is 2.26. The van der Waals surface area contributed by atoms with Crippen molar-refractivity contribution in [2.75, 3.05) is 13.7 Å². The number of aromatic nitrogens is 3. The molecular weight excluding hydrogens is 262 g/mol. The summed E-state index contributed by atoms with van der Waals surface area (Å²) in [4.78, 5) is 0. The number of fused-ring (bicyclic) bond motifs is 1. The van der Waals surface area contributed by atoms with Crippen LogP contribution < -0.4 is 0 Å². The summed E-state index contributed by atoms with van der Waals surface area (Å²) in [5.74, 6) is 0.844. The number of rotatable bonds is 4. The van der Waals surface area contributed by atoms with E-state index in [4.69, 9.17) is 21.7 Å². The molecule has 100 valence electrons. The molecule has 2 aromatic rings. The zero-order chi connectivity index (χ0) is 13.2. The van der Waals surface area contributed by atoms with E-state index in [2.05, 4.69) is 28.4 Å². The van der Waals surface area contributed by atoms with Gasteiger partial charge < -0.3 is 9.47 Å². The number of benzene rings is 1. The van der Waals surface area contributed by atoms with Gasteiger partial charge in [0, 0.05) is 12.7 Å². The molecule has 0 bridgehead atoms. The Morgan fingerprint density at radius 2 is 2.26 bits per heavy atom. The summed E-state index contributed by atoms with van der Waals surface area (Å²) in [5.41, 5.74) is 3.53. The quantitative estimate of drug-likeness (QED) is 0.871. The molecule has 0 saturated heterocycles. The maximum absolute atomic E-state index is 5.43. The highest BCUT2D eigenvalue weighted by Gasteiger charge is 2.14. The highest BCUT2D eigenvalue weighted by atomic mass is 32.1. The van der Waals surface area contributed by atoms with Crippen molar-refractivity contribution in [3.8, 4) is 11.4 Å². The normalized spacial score (nSPS) is 13.7. The number of ether oxygens (including phenoxy) is 2.